The van der Waals surface area contributed by atoms with E-state index >= 15 is 0 Å². The number of ether oxygens (including phenoxy) is 3. The highest BCUT2D eigenvalue weighted by Gasteiger charge is 2.67. The van der Waals surface area contributed by atoms with Gasteiger partial charge in [0.2, 0.25) is 18.6 Å². The molecule has 4 heterocycles. The number of rotatable bonds is 6. The quantitative estimate of drug-likeness (QED) is 0.691. The highest BCUT2D eigenvalue weighted by molar-refractivity contribution is 6.03. The Morgan fingerprint density at radius 1 is 1.18 bits per heavy atom. The minimum atomic E-state index is -0.757. The van der Waals surface area contributed by atoms with Crippen LogP contribution in [0.5, 0.6) is 11.5 Å². The summed E-state index contributed by atoms with van der Waals surface area (Å²) in [4.78, 5) is 28.6. The Kier molecular flexibility index (Phi) is 4.69. The zero-order chi connectivity index (χ0) is 22.6. The van der Waals surface area contributed by atoms with Gasteiger partial charge in [0.05, 0.1) is 24.5 Å². The van der Waals surface area contributed by atoms with Gasteiger partial charge in [-0.15, -0.1) is 0 Å². The molecule has 2 aromatic rings. The molecule has 0 radical (unpaired) electrons. The largest absolute Gasteiger partial charge is 0.454 e. The summed E-state index contributed by atoms with van der Waals surface area (Å²) in [6.07, 6.45) is 5.26. The molecule has 1 N–H and O–H groups in total. The standard InChI is InChI=1S/C26H26N2O5/c1-16(7-8-17-5-3-2-4-6-17)27-24(29)22-20-11-12-26(33-20)14-28(25(30)23(22)26)18-9-10-19-21(13-18)32-15-31-19/h2-6,9-13,16,20,22-23H,7-8,14-15H2,1H3,(H,27,29)/t16-,20-,22-,23-,26-/m0/s1. The van der Waals surface area contributed by atoms with Gasteiger partial charge in [0, 0.05) is 17.8 Å². The molecule has 0 aliphatic carbocycles. The first-order valence-electron chi connectivity index (χ1n) is 11.5. The summed E-state index contributed by atoms with van der Waals surface area (Å²) in [6.45, 7) is 2.57. The Morgan fingerprint density at radius 2 is 2.00 bits per heavy atom. The van der Waals surface area contributed by atoms with E-state index in [4.69, 9.17) is 14.2 Å². The summed E-state index contributed by atoms with van der Waals surface area (Å²) in [5.74, 6) is 0.0372. The Labute approximate surface area is 192 Å². The van der Waals surface area contributed by atoms with Gasteiger partial charge in [-0.2, -0.15) is 0 Å². The summed E-state index contributed by atoms with van der Waals surface area (Å²) in [5, 5.41) is 3.14. The lowest BCUT2D eigenvalue weighted by Crippen LogP contribution is -2.46. The molecule has 4 aliphatic rings. The minimum absolute atomic E-state index is 0.00164. The molecular weight excluding hydrogens is 420 g/mol. The SMILES string of the molecule is C[C@@H](CCc1ccccc1)NC(=O)[C@H]1[C@@H]2C=C[C@@]3(CN(c4ccc5c(c4)OCO5)C(=O)[C@H]13)O2. The van der Waals surface area contributed by atoms with Crippen LogP contribution in [0.2, 0.25) is 0 Å². The van der Waals surface area contributed by atoms with E-state index in [1.165, 1.54) is 5.56 Å². The number of nitrogens with zero attached hydrogens (tertiary/aromatic N) is 1. The van der Waals surface area contributed by atoms with Gasteiger partial charge in [-0.05, 0) is 37.5 Å². The van der Waals surface area contributed by atoms with Crippen molar-refractivity contribution in [3.8, 4) is 11.5 Å². The van der Waals surface area contributed by atoms with Crippen molar-refractivity contribution in [1.29, 1.82) is 0 Å². The maximum Gasteiger partial charge on any atom is 0.234 e. The van der Waals surface area contributed by atoms with Crippen LogP contribution in [0.15, 0.2) is 60.7 Å². The number of hydrogen-bond donors (Lipinski definition) is 1. The number of benzene rings is 2. The molecule has 7 heteroatoms. The van der Waals surface area contributed by atoms with Crippen LogP contribution in [0.25, 0.3) is 0 Å². The molecule has 2 bridgehead atoms. The number of fused-ring (bicyclic) bond motifs is 2. The van der Waals surface area contributed by atoms with Crippen LogP contribution in [0.3, 0.4) is 0 Å². The van der Waals surface area contributed by atoms with Crippen molar-refractivity contribution in [2.75, 3.05) is 18.2 Å². The van der Waals surface area contributed by atoms with Crippen LogP contribution < -0.4 is 19.7 Å². The van der Waals surface area contributed by atoms with E-state index in [0.717, 1.165) is 18.5 Å². The third-order valence-corrected chi connectivity index (χ3v) is 7.17. The van der Waals surface area contributed by atoms with E-state index in [0.29, 0.717) is 18.0 Å². The zero-order valence-corrected chi connectivity index (χ0v) is 18.4. The molecule has 2 fully saturated rings. The molecule has 170 valence electrons. The van der Waals surface area contributed by atoms with Crippen molar-refractivity contribution in [3.05, 3.63) is 66.2 Å². The van der Waals surface area contributed by atoms with Gasteiger partial charge in [-0.1, -0.05) is 42.5 Å². The number of carbonyl (C=O) groups excluding carboxylic acids is 2. The van der Waals surface area contributed by atoms with Crippen LogP contribution >= 0.6 is 0 Å². The fourth-order valence-corrected chi connectivity index (χ4v) is 5.51. The van der Waals surface area contributed by atoms with E-state index in [-0.39, 0.29) is 30.8 Å². The average Bonchev–Trinajstić information content (AvgIpc) is 3.58. The van der Waals surface area contributed by atoms with E-state index in [1.54, 1.807) is 4.90 Å². The summed E-state index contributed by atoms with van der Waals surface area (Å²) >= 11 is 0. The van der Waals surface area contributed by atoms with E-state index in [9.17, 15) is 9.59 Å². The van der Waals surface area contributed by atoms with Gasteiger partial charge in [-0.3, -0.25) is 9.59 Å². The number of hydrogen-bond acceptors (Lipinski definition) is 5. The van der Waals surface area contributed by atoms with Crippen molar-refractivity contribution >= 4 is 17.5 Å². The zero-order valence-electron chi connectivity index (χ0n) is 18.4. The molecule has 6 rings (SSSR count). The molecule has 2 saturated heterocycles. The monoisotopic (exact) mass is 446 g/mol. The Balaban J connectivity index is 1.17. The first-order chi connectivity index (χ1) is 16.0. The lowest BCUT2D eigenvalue weighted by molar-refractivity contribution is -0.132. The van der Waals surface area contributed by atoms with Crippen molar-refractivity contribution in [1.82, 2.24) is 5.32 Å². The molecule has 0 unspecified atom stereocenters. The minimum Gasteiger partial charge on any atom is -0.454 e. The second kappa shape index (κ2) is 7.63. The maximum absolute atomic E-state index is 13.5. The fourth-order valence-electron chi connectivity index (χ4n) is 5.51. The lowest BCUT2D eigenvalue weighted by atomic mass is 9.76. The van der Waals surface area contributed by atoms with Crippen LogP contribution in [-0.2, 0) is 20.7 Å². The van der Waals surface area contributed by atoms with Crippen molar-refractivity contribution in [3.63, 3.8) is 0 Å². The molecule has 0 aromatic heterocycles. The Hall–Kier alpha value is -3.32. The average molecular weight is 447 g/mol. The van der Waals surface area contributed by atoms with Gasteiger partial charge in [0.15, 0.2) is 11.5 Å². The predicted octanol–water partition coefficient (Wildman–Crippen LogP) is 2.84. The fraction of sp³-hybridized carbons (Fsp3) is 0.385. The van der Waals surface area contributed by atoms with Crippen molar-refractivity contribution in [2.45, 2.75) is 37.5 Å². The number of carbonyl (C=O) groups is 2. The Bertz CT molecular complexity index is 1130. The van der Waals surface area contributed by atoms with Gasteiger partial charge in [0.1, 0.15) is 5.60 Å². The second-order valence-electron chi connectivity index (χ2n) is 9.30. The first kappa shape index (κ1) is 20.3. The number of amides is 2. The van der Waals surface area contributed by atoms with E-state index in [2.05, 4.69) is 17.4 Å². The number of aryl methyl sites for hydroxylation is 1. The topological polar surface area (TPSA) is 77.1 Å². The van der Waals surface area contributed by atoms with Gasteiger partial charge < -0.3 is 24.4 Å². The normalized spacial score (nSPS) is 29.4. The molecule has 0 saturated carbocycles. The molecule has 5 atom stereocenters. The number of nitrogens with one attached hydrogen (secondary N) is 1. The highest BCUT2D eigenvalue weighted by atomic mass is 16.7. The molecule has 4 aliphatic heterocycles. The Morgan fingerprint density at radius 3 is 2.85 bits per heavy atom. The molecule has 1 spiro atoms. The van der Waals surface area contributed by atoms with Crippen LogP contribution in [0, 0.1) is 11.8 Å². The predicted molar refractivity (Wildman–Crippen MR) is 121 cm³/mol. The summed E-state index contributed by atoms with van der Waals surface area (Å²) in [7, 11) is 0. The van der Waals surface area contributed by atoms with E-state index in [1.807, 2.05) is 55.5 Å². The molecular formula is C26H26N2O5. The van der Waals surface area contributed by atoms with E-state index < -0.39 is 17.4 Å². The summed E-state index contributed by atoms with van der Waals surface area (Å²) < 4.78 is 17.1. The molecule has 2 aromatic carbocycles. The molecule has 2 amide bonds. The molecule has 33 heavy (non-hydrogen) atoms. The number of anilines is 1. The second-order valence-corrected chi connectivity index (χ2v) is 9.30. The van der Waals surface area contributed by atoms with Gasteiger partial charge in [0.25, 0.3) is 0 Å². The van der Waals surface area contributed by atoms with Gasteiger partial charge >= 0.3 is 0 Å². The lowest BCUT2D eigenvalue weighted by Gasteiger charge is -2.25. The third kappa shape index (κ3) is 3.30. The van der Waals surface area contributed by atoms with Crippen molar-refractivity contribution in [2.24, 2.45) is 11.8 Å². The first-order valence-corrected chi connectivity index (χ1v) is 11.5. The maximum atomic E-state index is 13.5. The van der Waals surface area contributed by atoms with Crippen LogP contribution in [-0.4, -0.2) is 42.9 Å². The van der Waals surface area contributed by atoms with Crippen LogP contribution in [0.1, 0.15) is 18.9 Å². The van der Waals surface area contributed by atoms with Crippen LogP contribution in [0.4, 0.5) is 5.69 Å². The molecule has 7 nitrogen and oxygen atoms in total. The third-order valence-electron chi connectivity index (χ3n) is 7.17. The highest BCUT2D eigenvalue weighted by Crippen LogP contribution is 2.53. The smallest absolute Gasteiger partial charge is 0.234 e. The van der Waals surface area contributed by atoms with Crippen molar-refractivity contribution < 1.29 is 23.8 Å². The summed E-state index contributed by atoms with van der Waals surface area (Å²) in [5.41, 5.74) is 1.21. The summed E-state index contributed by atoms with van der Waals surface area (Å²) in [6, 6.07) is 15.7. The van der Waals surface area contributed by atoms with Gasteiger partial charge in [-0.25, -0.2) is 0 Å².